The van der Waals surface area contributed by atoms with Crippen molar-refractivity contribution in [3.63, 3.8) is 0 Å². The second kappa shape index (κ2) is 9.92. The molecule has 5 rings (SSSR count). The summed E-state index contributed by atoms with van der Waals surface area (Å²) >= 11 is 0. The lowest BCUT2D eigenvalue weighted by Crippen LogP contribution is -2.31. The molecule has 1 amide bonds. The topological polar surface area (TPSA) is 136 Å². The summed E-state index contributed by atoms with van der Waals surface area (Å²) in [5.41, 5.74) is 2.61. The van der Waals surface area contributed by atoms with Crippen LogP contribution in [0.4, 0.5) is 5.82 Å². The molecule has 0 radical (unpaired) electrons. The van der Waals surface area contributed by atoms with E-state index in [0.717, 1.165) is 44.0 Å². The van der Waals surface area contributed by atoms with Gasteiger partial charge < -0.3 is 25.0 Å². The summed E-state index contributed by atoms with van der Waals surface area (Å²) in [4.78, 5) is 43.9. The standard InChI is InChI=1S/C23H28N8O4/c1-14-17(27-21-23(26-14)35-13-18(32)28-21)10-24-9-15-5-6-30(12-15)7-8-31-20(33)11-25-16-3-4-19(34-2)29-22(16)31/h3-4,11,15,24H,5-10,12-13H2,1-2H3,(H,27,28,32)/t15-/m0/s1. The van der Waals surface area contributed by atoms with Crippen LogP contribution in [-0.4, -0.2) is 75.2 Å². The van der Waals surface area contributed by atoms with E-state index in [9.17, 15) is 9.59 Å². The van der Waals surface area contributed by atoms with E-state index in [0.29, 0.717) is 47.7 Å². The molecule has 0 bridgehead atoms. The summed E-state index contributed by atoms with van der Waals surface area (Å²) in [5, 5.41) is 6.17. The zero-order valence-electron chi connectivity index (χ0n) is 19.8. The Balaban J connectivity index is 1.14. The Labute approximate surface area is 201 Å². The minimum atomic E-state index is -0.224. The van der Waals surface area contributed by atoms with Gasteiger partial charge in [0.05, 0.1) is 24.7 Å². The van der Waals surface area contributed by atoms with E-state index in [1.54, 1.807) is 17.7 Å². The van der Waals surface area contributed by atoms with E-state index in [1.165, 1.54) is 6.20 Å². The van der Waals surface area contributed by atoms with E-state index >= 15 is 0 Å². The highest BCUT2D eigenvalue weighted by Gasteiger charge is 2.23. The number of likely N-dealkylation sites (tertiary alicyclic amines) is 1. The van der Waals surface area contributed by atoms with Crippen LogP contribution < -0.4 is 25.7 Å². The van der Waals surface area contributed by atoms with Crippen LogP contribution in [0.2, 0.25) is 0 Å². The molecule has 0 aromatic carbocycles. The number of hydrogen-bond acceptors (Lipinski definition) is 10. The maximum Gasteiger partial charge on any atom is 0.270 e. The molecule has 1 fully saturated rings. The minimum absolute atomic E-state index is 0.0341. The number of nitrogens with zero attached hydrogens (tertiary/aromatic N) is 6. The molecule has 2 N–H and O–H groups in total. The van der Waals surface area contributed by atoms with Gasteiger partial charge in [-0.2, -0.15) is 4.98 Å². The van der Waals surface area contributed by atoms with Crippen molar-refractivity contribution < 1.29 is 14.3 Å². The van der Waals surface area contributed by atoms with Gasteiger partial charge in [0.15, 0.2) is 18.1 Å². The van der Waals surface area contributed by atoms with E-state index in [1.807, 2.05) is 13.0 Å². The fourth-order valence-electron chi connectivity index (χ4n) is 4.46. The quantitative estimate of drug-likeness (QED) is 0.464. The molecule has 2 aliphatic heterocycles. The first-order chi connectivity index (χ1) is 17.0. The molecule has 1 atom stereocenters. The molecule has 1 saturated heterocycles. The molecular weight excluding hydrogens is 452 g/mol. The number of rotatable bonds is 8. The lowest BCUT2D eigenvalue weighted by atomic mass is 10.1. The van der Waals surface area contributed by atoms with E-state index in [-0.39, 0.29) is 18.1 Å². The summed E-state index contributed by atoms with van der Waals surface area (Å²) in [7, 11) is 1.55. The average molecular weight is 481 g/mol. The normalized spacial score (nSPS) is 17.8. The van der Waals surface area contributed by atoms with E-state index in [4.69, 9.17) is 9.47 Å². The number of nitrogens with one attached hydrogen (secondary N) is 2. The number of pyridine rings is 1. The van der Waals surface area contributed by atoms with Gasteiger partial charge in [0.25, 0.3) is 17.3 Å². The van der Waals surface area contributed by atoms with Crippen LogP contribution in [0.25, 0.3) is 11.2 Å². The molecule has 0 spiro atoms. The highest BCUT2D eigenvalue weighted by molar-refractivity contribution is 5.93. The maximum atomic E-state index is 12.5. The summed E-state index contributed by atoms with van der Waals surface area (Å²) in [5.74, 6) is 1.47. The molecule has 0 saturated carbocycles. The van der Waals surface area contributed by atoms with Gasteiger partial charge in [-0.25, -0.2) is 15.0 Å². The molecule has 3 aromatic rings. The van der Waals surface area contributed by atoms with Crippen LogP contribution in [0.5, 0.6) is 11.8 Å². The highest BCUT2D eigenvalue weighted by atomic mass is 16.5. The number of methoxy groups -OCH3 is 1. The summed E-state index contributed by atoms with van der Waals surface area (Å²) < 4.78 is 12.2. The fraction of sp³-hybridized carbons (Fsp3) is 0.478. The first-order valence-corrected chi connectivity index (χ1v) is 11.6. The number of fused-ring (bicyclic) bond motifs is 2. The number of aryl methyl sites for hydroxylation is 1. The van der Waals surface area contributed by atoms with Gasteiger partial charge in [0.1, 0.15) is 5.52 Å². The first-order valence-electron chi connectivity index (χ1n) is 11.6. The lowest BCUT2D eigenvalue weighted by molar-refractivity contribution is -0.118. The molecule has 184 valence electrons. The lowest BCUT2D eigenvalue weighted by Gasteiger charge is -2.19. The Morgan fingerprint density at radius 3 is 2.97 bits per heavy atom. The van der Waals surface area contributed by atoms with Crippen molar-refractivity contribution in [3.05, 3.63) is 40.1 Å². The Morgan fingerprint density at radius 1 is 1.23 bits per heavy atom. The fourth-order valence-corrected chi connectivity index (χ4v) is 4.46. The van der Waals surface area contributed by atoms with E-state index in [2.05, 4.69) is 35.5 Å². The molecule has 5 heterocycles. The third-order valence-electron chi connectivity index (χ3n) is 6.34. The van der Waals surface area contributed by atoms with Crippen molar-refractivity contribution in [2.45, 2.75) is 26.4 Å². The first kappa shape index (κ1) is 23.1. The zero-order chi connectivity index (χ0) is 24.4. The summed E-state index contributed by atoms with van der Waals surface area (Å²) in [6.07, 6.45) is 2.42. The third kappa shape index (κ3) is 5.08. The number of carbonyl (C=O) groups is 1. The molecule has 35 heavy (non-hydrogen) atoms. The third-order valence-corrected chi connectivity index (χ3v) is 6.34. The van der Waals surface area contributed by atoms with Crippen LogP contribution in [-0.2, 0) is 17.9 Å². The minimum Gasteiger partial charge on any atom is -0.481 e. The predicted molar refractivity (Wildman–Crippen MR) is 127 cm³/mol. The number of amides is 1. The molecule has 0 aliphatic carbocycles. The van der Waals surface area contributed by atoms with Crippen molar-refractivity contribution in [2.24, 2.45) is 5.92 Å². The number of hydrogen-bond donors (Lipinski definition) is 2. The molecule has 2 aliphatic rings. The van der Waals surface area contributed by atoms with Crippen molar-refractivity contribution in [1.82, 2.24) is 34.7 Å². The van der Waals surface area contributed by atoms with Crippen molar-refractivity contribution in [1.29, 1.82) is 0 Å². The van der Waals surface area contributed by atoms with Crippen LogP contribution >= 0.6 is 0 Å². The second-order valence-electron chi connectivity index (χ2n) is 8.78. The van der Waals surface area contributed by atoms with Gasteiger partial charge in [0.2, 0.25) is 5.88 Å². The largest absolute Gasteiger partial charge is 0.481 e. The summed E-state index contributed by atoms with van der Waals surface area (Å²) in [6, 6.07) is 3.55. The SMILES string of the molecule is COc1ccc2ncc(=O)n(CCN3CC[C@@H](CNCc4nc5c(nc4C)OCC(=O)N5)C3)c2n1. The predicted octanol–water partition coefficient (Wildman–Crippen LogP) is 0.341. The monoisotopic (exact) mass is 480 g/mol. The van der Waals surface area contributed by atoms with Crippen LogP contribution in [0, 0.1) is 12.8 Å². The number of ether oxygens (including phenoxy) is 2. The number of anilines is 1. The molecule has 3 aromatic heterocycles. The zero-order valence-corrected chi connectivity index (χ0v) is 19.8. The summed E-state index contributed by atoms with van der Waals surface area (Å²) in [6.45, 7) is 6.46. The molecule has 0 unspecified atom stereocenters. The highest BCUT2D eigenvalue weighted by Crippen LogP contribution is 2.24. The molecule has 12 heteroatoms. The molecular formula is C23H28N8O4. The van der Waals surface area contributed by atoms with Crippen LogP contribution in [0.15, 0.2) is 23.1 Å². The second-order valence-corrected chi connectivity index (χ2v) is 8.78. The Kier molecular flexibility index (Phi) is 6.55. The molecule has 12 nitrogen and oxygen atoms in total. The van der Waals surface area contributed by atoms with Crippen molar-refractivity contribution in [3.8, 4) is 11.8 Å². The van der Waals surface area contributed by atoms with Gasteiger partial charge in [-0.1, -0.05) is 0 Å². The maximum absolute atomic E-state index is 12.5. The smallest absolute Gasteiger partial charge is 0.270 e. The number of carbonyl (C=O) groups excluding carboxylic acids is 1. The Hall–Kier alpha value is -3.64. The van der Waals surface area contributed by atoms with Crippen LogP contribution in [0.1, 0.15) is 17.8 Å². The van der Waals surface area contributed by atoms with Crippen molar-refractivity contribution >= 4 is 22.9 Å². The van der Waals surface area contributed by atoms with Gasteiger partial charge in [0, 0.05) is 32.2 Å². The van der Waals surface area contributed by atoms with Gasteiger partial charge in [-0.05, 0) is 38.4 Å². The van der Waals surface area contributed by atoms with Gasteiger partial charge in [-0.3, -0.25) is 14.2 Å². The van der Waals surface area contributed by atoms with Gasteiger partial charge in [-0.15, -0.1) is 0 Å². The van der Waals surface area contributed by atoms with E-state index < -0.39 is 0 Å². The van der Waals surface area contributed by atoms with Crippen molar-refractivity contribution in [2.75, 3.05) is 45.2 Å². The van der Waals surface area contributed by atoms with Gasteiger partial charge >= 0.3 is 0 Å². The Bertz CT molecular complexity index is 1310. The average Bonchev–Trinajstić information content (AvgIpc) is 3.31. The van der Waals surface area contributed by atoms with Crippen LogP contribution in [0.3, 0.4) is 0 Å². The Morgan fingerprint density at radius 2 is 2.11 bits per heavy atom. The number of aromatic nitrogens is 5.